The molecule has 5 heteroatoms. The molecule has 1 aromatic carbocycles. The molecule has 5 nitrogen and oxygen atoms in total. The van der Waals surface area contributed by atoms with E-state index in [1.54, 1.807) is 13.0 Å². The number of nitriles is 1. The predicted octanol–water partition coefficient (Wildman–Crippen LogP) is 3.34. The van der Waals surface area contributed by atoms with Crippen molar-refractivity contribution < 1.29 is 14.6 Å². The number of carboxylic acids is 1. The van der Waals surface area contributed by atoms with Crippen molar-refractivity contribution in [2.24, 2.45) is 0 Å². The number of carboxylic acid groups (broad SMARTS) is 1. The van der Waals surface area contributed by atoms with Gasteiger partial charge in [0, 0.05) is 23.2 Å². The number of hydrogen-bond acceptors (Lipinski definition) is 4. The third-order valence-electron chi connectivity index (χ3n) is 3.78. The fourth-order valence-corrected chi connectivity index (χ4v) is 2.88. The molecule has 2 aromatic rings. The highest BCUT2D eigenvalue weighted by Crippen LogP contribution is 2.40. The molecule has 116 valence electrons. The van der Waals surface area contributed by atoms with Gasteiger partial charge >= 0.3 is 5.97 Å². The zero-order valence-electron chi connectivity index (χ0n) is 13.2. The van der Waals surface area contributed by atoms with E-state index in [1.807, 2.05) is 19.9 Å². The molecular formula is C18H16N2O3. The molecule has 2 heterocycles. The lowest BCUT2D eigenvalue weighted by Crippen LogP contribution is -2.24. The number of nitrogens with zero attached hydrogens (tertiary/aromatic N) is 2. The highest BCUT2D eigenvalue weighted by Gasteiger charge is 2.32. The van der Waals surface area contributed by atoms with Crippen molar-refractivity contribution >= 4 is 5.97 Å². The van der Waals surface area contributed by atoms with Gasteiger partial charge in [-0.3, -0.25) is 4.98 Å². The van der Waals surface area contributed by atoms with Crippen LogP contribution in [0, 0.1) is 18.3 Å². The molecule has 1 N–H and O–H groups in total. The van der Waals surface area contributed by atoms with Gasteiger partial charge in [0.05, 0.1) is 16.8 Å². The van der Waals surface area contributed by atoms with Gasteiger partial charge in [-0.15, -0.1) is 0 Å². The van der Waals surface area contributed by atoms with Crippen LogP contribution in [0.4, 0.5) is 0 Å². The molecule has 0 aliphatic carbocycles. The highest BCUT2D eigenvalue weighted by atomic mass is 16.5. The Morgan fingerprint density at radius 1 is 1.35 bits per heavy atom. The summed E-state index contributed by atoms with van der Waals surface area (Å²) in [5.74, 6) is -0.379. The second kappa shape index (κ2) is 5.10. The number of ether oxygens (including phenoxy) is 1. The first kappa shape index (κ1) is 15.0. The Morgan fingerprint density at radius 2 is 2.09 bits per heavy atom. The molecule has 0 bridgehead atoms. The molecule has 0 radical (unpaired) electrons. The van der Waals surface area contributed by atoms with E-state index in [9.17, 15) is 15.2 Å². The SMILES string of the molecule is Cc1cc(C(=O)O)cc(-c2cc(C#N)c3c(c2)CC(C)(C)O3)n1. The Balaban J connectivity index is 2.17. The maximum Gasteiger partial charge on any atom is 0.335 e. The van der Waals surface area contributed by atoms with Gasteiger partial charge < -0.3 is 9.84 Å². The Kier molecular flexibility index (Phi) is 3.33. The number of carbonyl (C=O) groups is 1. The van der Waals surface area contributed by atoms with Crippen molar-refractivity contribution in [3.05, 3.63) is 46.6 Å². The lowest BCUT2D eigenvalue weighted by atomic mass is 9.96. The molecule has 0 amide bonds. The second-order valence-electron chi connectivity index (χ2n) is 6.35. The van der Waals surface area contributed by atoms with Crippen LogP contribution in [0.2, 0.25) is 0 Å². The number of aromatic nitrogens is 1. The number of hydrogen-bond donors (Lipinski definition) is 1. The Labute approximate surface area is 134 Å². The fraction of sp³-hybridized carbons (Fsp3) is 0.278. The largest absolute Gasteiger partial charge is 0.486 e. The number of aryl methyl sites for hydroxylation is 1. The van der Waals surface area contributed by atoms with Gasteiger partial charge in [0.1, 0.15) is 17.4 Å². The molecule has 0 saturated heterocycles. The van der Waals surface area contributed by atoms with Crippen LogP contribution in [0.3, 0.4) is 0 Å². The predicted molar refractivity (Wildman–Crippen MR) is 84.5 cm³/mol. The molecular weight excluding hydrogens is 292 g/mol. The summed E-state index contributed by atoms with van der Waals surface area (Å²) in [5.41, 5.74) is 3.13. The first-order valence-electron chi connectivity index (χ1n) is 7.27. The summed E-state index contributed by atoms with van der Waals surface area (Å²) in [6, 6.07) is 8.84. The fourth-order valence-electron chi connectivity index (χ4n) is 2.88. The van der Waals surface area contributed by atoms with Crippen molar-refractivity contribution in [2.75, 3.05) is 0 Å². The zero-order valence-corrected chi connectivity index (χ0v) is 13.2. The van der Waals surface area contributed by atoms with Gasteiger partial charge in [-0.05, 0) is 45.0 Å². The van der Waals surface area contributed by atoms with Crippen LogP contribution in [-0.2, 0) is 6.42 Å². The average Bonchev–Trinajstić information content (AvgIpc) is 2.79. The number of rotatable bonds is 2. The monoisotopic (exact) mass is 308 g/mol. The molecule has 0 atom stereocenters. The van der Waals surface area contributed by atoms with Gasteiger partial charge in [0.25, 0.3) is 0 Å². The Hall–Kier alpha value is -2.87. The number of benzene rings is 1. The van der Waals surface area contributed by atoms with Gasteiger partial charge in [-0.1, -0.05) is 0 Å². The van der Waals surface area contributed by atoms with E-state index in [1.165, 1.54) is 12.1 Å². The van der Waals surface area contributed by atoms with E-state index in [4.69, 9.17) is 4.74 Å². The van der Waals surface area contributed by atoms with Crippen molar-refractivity contribution in [1.82, 2.24) is 4.98 Å². The summed E-state index contributed by atoms with van der Waals surface area (Å²) in [7, 11) is 0. The first-order chi connectivity index (χ1) is 10.8. The smallest absolute Gasteiger partial charge is 0.335 e. The second-order valence-corrected chi connectivity index (χ2v) is 6.35. The number of aromatic carboxylic acids is 1. The van der Waals surface area contributed by atoms with E-state index in [0.29, 0.717) is 29.1 Å². The molecule has 0 saturated carbocycles. The third-order valence-corrected chi connectivity index (χ3v) is 3.78. The summed E-state index contributed by atoms with van der Waals surface area (Å²) < 4.78 is 5.86. The van der Waals surface area contributed by atoms with Crippen molar-refractivity contribution in [3.63, 3.8) is 0 Å². The highest BCUT2D eigenvalue weighted by molar-refractivity contribution is 5.89. The van der Waals surface area contributed by atoms with Gasteiger partial charge in [0.2, 0.25) is 0 Å². The zero-order chi connectivity index (χ0) is 16.8. The van der Waals surface area contributed by atoms with Crippen LogP contribution in [-0.4, -0.2) is 21.7 Å². The van der Waals surface area contributed by atoms with E-state index < -0.39 is 5.97 Å². The minimum Gasteiger partial charge on any atom is -0.486 e. The summed E-state index contributed by atoms with van der Waals surface area (Å²) >= 11 is 0. The maximum absolute atomic E-state index is 11.2. The quantitative estimate of drug-likeness (QED) is 0.920. The Bertz CT molecular complexity index is 863. The molecule has 1 aromatic heterocycles. The van der Waals surface area contributed by atoms with E-state index in [-0.39, 0.29) is 11.2 Å². The van der Waals surface area contributed by atoms with E-state index in [2.05, 4.69) is 11.1 Å². The lowest BCUT2D eigenvalue weighted by Gasteiger charge is -2.17. The third kappa shape index (κ3) is 2.76. The minimum absolute atomic E-state index is 0.183. The van der Waals surface area contributed by atoms with Crippen molar-refractivity contribution in [2.45, 2.75) is 32.8 Å². The first-order valence-corrected chi connectivity index (χ1v) is 7.27. The Morgan fingerprint density at radius 3 is 2.74 bits per heavy atom. The van der Waals surface area contributed by atoms with Crippen LogP contribution >= 0.6 is 0 Å². The summed E-state index contributed by atoms with van der Waals surface area (Å²) in [6.07, 6.45) is 0.697. The topological polar surface area (TPSA) is 83.2 Å². The average molecular weight is 308 g/mol. The summed E-state index contributed by atoms with van der Waals surface area (Å²) in [4.78, 5) is 15.6. The van der Waals surface area contributed by atoms with Crippen molar-refractivity contribution in [1.29, 1.82) is 5.26 Å². The number of fused-ring (bicyclic) bond motifs is 1. The molecule has 0 fully saturated rings. The van der Waals surface area contributed by atoms with Gasteiger partial charge in [0.15, 0.2) is 0 Å². The molecule has 0 unspecified atom stereocenters. The lowest BCUT2D eigenvalue weighted by molar-refractivity contribution is 0.0696. The molecule has 0 spiro atoms. The van der Waals surface area contributed by atoms with E-state index >= 15 is 0 Å². The molecule has 23 heavy (non-hydrogen) atoms. The summed E-state index contributed by atoms with van der Waals surface area (Å²) in [5, 5.41) is 18.6. The van der Waals surface area contributed by atoms with Crippen LogP contribution < -0.4 is 4.74 Å². The minimum atomic E-state index is -0.997. The number of pyridine rings is 1. The summed E-state index contributed by atoms with van der Waals surface area (Å²) in [6.45, 7) is 5.70. The molecule has 1 aliphatic heterocycles. The van der Waals surface area contributed by atoms with E-state index in [0.717, 1.165) is 11.1 Å². The van der Waals surface area contributed by atoms with Crippen LogP contribution in [0.15, 0.2) is 24.3 Å². The normalized spacial score (nSPS) is 14.7. The molecule has 3 rings (SSSR count). The van der Waals surface area contributed by atoms with Gasteiger partial charge in [-0.25, -0.2) is 4.79 Å². The molecule has 1 aliphatic rings. The van der Waals surface area contributed by atoms with Crippen molar-refractivity contribution in [3.8, 4) is 23.1 Å². The standard InChI is InChI=1S/C18H16N2O3/c1-10-4-12(17(21)22)7-15(20-10)11-5-13-8-18(2,3)23-16(13)14(6-11)9-19/h4-7H,8H2,1-3H3,(H,21,22). The maximum atomic E-state index is 11.2. The van der Waals surface area contributed by atoms with Gasteiger partial charge in [-0.2, -0.15) is 5.26 Å². The van der Waals surface area contributed by atoms with Crippen LogP contribution in [0.5, 0.6) is 5.75 Å². The van der Waals surface area contributed by atoms with Crippen LogP contribution in [0.25, 0.3) is 11.3 Å². The van der Waals surface area contributed by atoms with Crippen LogP contribution in [0.1, 0.15) is 41.0 Å².